The Morgan fingerprint density at radius 3 is 2.44 bits per heavy atom. The van der Waals surface area contributed by atoms with E-state index in [0.717, 1.165) is 24.0 Å². The molecule has 2 heterocycles. The lowest BCUT2D eigenvalue weighted by atomic mass is 9.95. The number of Topliss-reactive ketones (excluding diaryl/α,β-unsaturated/α-hetero) is 1. The van der Waals surface area contributed by atoms with Gasteiger partial charge in [0.15, 0.2) is 11.5 Å². The molecule has 34 heavy (non-hydrogen) atoms. The van der Waals surface area contributed by atoms with Crippen LogP contribution in [0.4, 0.5) is 0 Å². The molecule has 1 amide bonds. The van der Waals surface area contributed by atoms with Gasteiger partial charge in [0.05, 0.1) is 18.2 Å². The number of hydrogen-bond acceptors (Lipinski definition) is 6. The molecule has 1 aliphatic rings. The summed E-state index contributed by atoms with van der Waals surface area (Å²) in [5.41, 5.74) is 1.33. The van der Waals surface area contributed by atoms with E-state index in [1.54, 1.807) is 17.0 Å². The minimum atomic E-state index is -0.723. The summed E-state index contributed by atoms with van der Waals surface area (Å²) in [6, 6.07) is 15.5. The third kappa shape index (κ3) is 4.43. The Kier molecular flexibility index (Phi) is 7.03. The monoisotopic (exact) mass is 462 g/mol. The Morgan fingerprint density at radius 1 is 1.09 bits per heavy atom. The van der Waals surface area contributed by atoms with Gasteiger partial charge in [-0.05, 0) is 49.8 Å². The molecule has 1 N–H and O–H groups in total. The van der Waals surface area contributed by atoms with Crippen molar-refractivity contribution in [1.82, 2.24) is 9.80 Å². The average molecular weight is 463 g/mol. The van der Waals surface area contributed by atoms with E-state index >= 15 is 0 Å². The number of amides is 1. The van der Waals surface area contributed by atoms with Crippen molar-refractivity contribution in [2.45, 2.75) is 26.8 Å². The summed E-state index contributed by atoms with van der Waals surface area (Å²) in [5, 5.41) is 11.7. The third-order valence-electron chi connectivity index (χ3n) is 6.26. The van der Waals surface area contributed by atoms with Crippen LogP contribution in [0.1, 0.15) is 42.9 Å². The van der Waals surface area contributed by atoms with Crippen LogP contribution < -0.4 is 4.74 Å². The number of likely N-dealkylation sites (N-methyl/N-ethyl adjacent to an activating group) is 1. The van der Waals surface area contributed by atoms with E-state index in [9.17, 15) is 14.7 Å². The topological polar surface area (TPSA) is 83.2 Å². The highest BCUT2D eigenvalue weighted by molar-refractivity contribution is 6.16. The third-order valence-corrected chi connectivity index (χ3v) is 6.26. The van der Waals surface area contributed by atoms with Gasteiger partial charge in [-0.3, -0.25) is 9.59 Å². The van der Waals surface area contributed by atoms with Crippen molar-refractivity contribution in [3.63, 3.8) is 0 Å². The van der Waals surface area contributed by atoms with Crippen LogP contribution in [-0.2, 0) is 4.79 Å². The van der Waals surface area contributed by atoms with Crippen LogP contribution in [-0.4, -0.2) is 59.4 Å². The Bertz CT molecular complexity index is 1170. The molecule has 0 spiro atoms. The maximum Gasteiger partial charge on any atom is 0.290 e. The predicted octanol–water partition coefficient (Wildman–Crippen LogP) is 4.75. The summed E-state index contributed by atoms with van der Waals surface area (Å²) in [6.07, 6.45) is 0. The van der Waals surface area contributed by atoms with Gasteiger partial charge in [0.2, 0.25) is 5.78 Å². The van der Waals surface area contributed by atoms with Crippen LogP contribution in [0.2, 0.25) is 0 Å². The average Bonchev–Trinajstić information content (AvgIpc) is 3.40. The fourth-order valence-corrected chi connectivity index (χ4v) is 4.39. The van der Waals surface area contributed by atoms with Gasteiger partial charge in [0.25, 0.3) is 5.91 Å². The molecule has 0 aliphatic carbocycles. The van der Waals surface area contributed by atoms with Crippen molar-refractivity contribution in [2.24, 2.45) is 0 Å². The maximum atomic E-state index is 13.6. The number of aliphatic hydroxyl groups is 1. The Labute approximate surface area is 199 Å². The lowest BCUT2D eigenvalue weighted by Gasteiger charge is -2.29. The van der Waals surface area contributed by atoms with Crippen molar-refractivity contribution in [2.75, 3.05) is 32.8 Å². The minimum absolute atomic E-state index is 0.0350. The lowest BCUT2D eigenvalue weighted by Crippen LogP contribution is -2.38. The number of ketones is 1. The highest BCUT2D eigenvalue weighted by Crippen LogP contribution is 2.40. The zero-order valence-electron chi connectivity index (χ0n) is 19.8. The number of para-hydroxylation sites is 1. The van der Waals surface area contributed by atoms with Crippen molar-refractivity contribution in [1.29, 1.82) is 0 Å². The molecule has 0 saturated carbocycles. The molecule has 178 valence electrons. The summed E-state index contributed by atoms with van der Waals surface area (Å²) in [7, 11) is 0. The smallest absolute Gasteiger partial charge is 0.290 e. The van der Waals surface area contributed by atoms with Crippen LogP contribution in [0.5, 0.6) is 5.75 Å². The first-order valence-corrected chi connectivity index (χ1v) is 11.7. The van der Waals surface area contributed by atoms with Gasteiger partial charge >= 0.3 is 0 Å². The number of aliphatic hydroxyl groups excluding tert-OH is 1. The molecule has 0 bridgehead atoms. The van der Waals surface area contributed by atoms with Gasteiger partial charge in [0, 0.05) is 18.5 Å². The number of furan rings is 1. The second kappa shape index (κ2) is 10.1. The second-order valence-electron chi connectivity index (χ2n) is 8.17. The summed E-state index contributed by atoms with van der Waals surface area (Å²) in [5.74, 6) is -0.777. The molecule has 0 radical (unpaired) electrons. The normalized spacial score (nSPS) is 16.2. The van der Waals surface area contributed by atoms with Crippen LogP contribution in [0, 0.1) is 0 Å². The number of carbonyl (C=O) groups excluding carboxylic acids is 2. The van der Waals surface area contributed by atoms with E-state index in [2.05, 4.69) is 18.7 Å². The standard InChI is InChI=1S/C27H30N2O5/c1-4-28(5-2)15-16-29-24(18-11-13-20(14-12-18)33-6-3)23(26(31)27(29)32)25(30)22-17-19-9-7-8-10-21(19)34-22/h7-14,17,24,31H,4-6,15-16H2,1-3H3/t24-/m1/s1. The Balaban J connectivity index is 1.73. The van der Waals surface area contributed by atoms with E-state index in [1.807, 2.05) is 49.4 Å². The molecule has 1 atom stereocenters. The van der Waals surface area contributed by atoms with Crippen molar-refractivity contribution in [3.05, 3.63) is 77.3 Å². The number of rotatable bonds is 10. The predicted molar refractivity (Wildman–Crippen MR) is 130 cm³/mol. The zero-order valence-corrected chi connectivity index (χ0v) is 19.8. The van der Waals surface area contributed by atoms with E-state index in [4.69, 9.17) is 9.15 Å². The minimum Gasteiger partial charge on any atom is -0.503 e. The van der Waals surface area contributed by atoms with Gasteiger partial charge in [-0.2, -0.15) is 0 Å². The van der Waals surface area contributed by atoms with Crippen molar-refractivity contribution >= 4 is 22.7 Å². The first kappa shape index (κ1) is 23.6. The maximum absolute atomic E-state index is 13.6. The van der Waals surface area contributed by atoms with Crippen LogP contribution in [0.25, 0.3) is 11.0 Å². The quantitative estimate of drug-likeness (QED) is 0.438. The second-order valence-corrected chi connectivity index (χ2v) is 8.17. The van der Waals surface area contributed by atoms with Crippen molar-refractivity contribution in [3.8, 4) is 5.75 Å². The van der Waals surface area contributed by atoms with Gasteiger partial charge in [-0.25, -0.2) is 0 Å². The summed E-state index contributed by atoms with van der Waals surface area (Å²) >= 11 is 0. The summed E-state index contributed by atoms with van der Waals surface area (Å²) < 4.78 is 11.3. The van der Waals surface area contributed by atoms with E-state index in [0.29, 0.717) is 31.0 Å². The molecule has 3 aromatic rings. The summed E-state index contributed by atoms with van der Waals surface area (Å²) in [6.45, 7) is 9.26. The number of ether oxygens (including phenoxy) is 1. The molecule has 0 unspecified atom stereocenters. The van der Waals surface area contributed by atoms with Crippen LogP contribution in [0.15, 0.2) is 70.3 Å². The van der Waals surface area contributed by atoms with Gasteiger partial charge in [-0.15, -0.1) is 0 Å². The lowest BCUT2D eigenvalue weighted by molar-refractivity contribution is -0.129. The van der Waals surface area contributed by atoms with Crippen LogP contribution in [0.3, 0.4) is 0 Å². The highest BCUT2D eigenvalue weighted by Gasteiger charge is 2.44. The van der Waals surface area contributed by atoms with E-state index in [1.165, 1.54) is 0 Å². The van der Waals surface area contributed by atoms with E-state index in [-0.39, 0.29) is 11.3 Å². The van der Waals surface area contributed by atoms with Gasteiger partial charge < -0.3 is 24.1 Å². The fraction of sp³-hybridized carbons (Fsp3) is 0.333. The highest BCUT2D eigenvalue weighted by atomic mass is 16.5. The first-order valence-electron chi connectivity index (χ1n) is 11.7. The molecule has 0 saturated heterocycles. The number of carbonyl (C=O) groups is 2. The van der Waals surface area contributed by atoms with Crippen molar-refractivity contribution < 1.29 is 23.8 Å². The molecule has 2 aromatic carbocycles. The van der Waals surface area contributed by atoms with Gasteiger partial charge in [0.1, 0.15) is 11.3 Å². The largest absolute Gasteiger partial charge is 0.503 e. The molecule has 4 rings (SSSR count). The molecule has 7 nitrogen and oxygen atoms in total. The number of hydrogen-bond donors (Lipinski definition) is 1. The zero-order chi connectivity index (χ0) is 24.2. The Morgan fingerprint density at radius 2 is 1.79 bits per heavy atom. The number of fused-ring (bicyclic) bond motifs is 1. The summed E-state index contributed by atoms with van der Waals surface area (Å²) in [4.78, 5) is 30.5. The van der Waals surface area contributed by atoms with Gasteiger partial charge in [-0.1, -0.05) is 44.2 Å². The molecular formula is C27H30N2O5. The molecule has 1 aromatic heterocycles. The SMILES string of the molecule is CCOc1ccc([C@@H]2C(C(=O)c3cc4ccccc4o3)=C(O)C(=O)N2CCN(CC)CC)cc1. The van der Waals surface area contributed by atoms with Crippen LogP contribution >= 0.6 is 0 Å². The molecule has 1 aliphatic heterocycles. The first-order chi connectivity index (χ1) is 16.5. The number of nitrogens with zero attached hydrogens (tertiary/aromatic N) is 2. The Hall–Kier alpha value is -3.58. The molecule has 7 heteroatoms. The van der Waals surface area contributed by atoms with E-state index < -0.39 is 23.5 Å². The molecule has 0 fully saturated rings. The number of benzene rings is 2. The fourth-order valence-electron chi connectivity index (χ4n) is 4.39. The molecular weight excluding hydrogens is 432 g/mol.